The van der Waals surface area contributed by atoms with Crippen molar-refractivity contribution in [2.24, 2.45) is 17.8 Å². The number of sulfonamides is 1. The van der Waals surface area contributed by atoms with Gasteiger partial charge in [0, 0.05) is 34.9 Å². The highest BCUT2D eigenvalue weighted by Gasteiger charge is 2.62. The van der Waals surface area contributed by atoms with Crippen LogP contribution in [0.25, 0.3) is 22.1 Å². The maximum Gasteiger partial charge on any atom is 0.405 e. The van der Waals surface area contributed by atoms with Gasteiger partial charge in [0.05, 0.1) is 25.1 Å². The molecule has 1 saturated heterocycles. The number of hydrogen-bond acceptors (Lipinski definition) is 11. The molecule has 17 heteroatoms. The van der Waals surface area contributed by atoms with E-state index in [4.69, 9.17) is 13.9 Å². The van der Waals surface area contributed by atoms with E-state index in [1.807, 2.05) is 26.0 Å². The monoisotopic (exact) mass is 778 g/mol. The largest absolute Gasteiger partial charge is 0.497 e. The van der Waals surface area contributed by atoms with Crippen molar-refractivity contribution in [3.63, 3.8) is 0 Å². The fourth-order valence-electron chi connectivity index (χ4n) is 7.97. The second-order valence-corrected chi connectivity index (χ2v) is 17.1. The molecule has 294 valence electrons. The molecule has 2 aliphatic heterocycles. The summed E-state index contributed by atoms with van der Waals surface area (Å²) in [6, 6.07) is 2.98. The zero-order valence-corrected chi connectivity index (χ0v) is 31.7. The maximum absolute atomic E-state index is 14.6. The van der Waals surface area contributed by atoms with Crippen LogP contribution in [0.4, 0.5) is 4.79 Å². The number of nitrogens with one attached hydrogen (secondary N) is 3. The van der Waals surface area contributed by atoms with Crippen LogP contribution in [0, 0.1) is 17.8 Å². The fraction of sp³-hybridized carbons (Fsp3) is 0.526. The van der Waals surface area contributed by atoms with Gasteiger partial charge in [0.25, 0.3) is 5.91 Å². The highest BCUT2D eigenvalue weighted by molar-refractivity contribution is 7.91. The average molecular weight is 779 g/mol. The highest BCUT2D eigenvalue weighted by Crippen LogP contribution is 2.46. The number of aromatic nitrogens is 2. The van der Waals surface area contributed by atoms with E-state index in [1.165, 1.54) is 11.3 Å². The number of fused-ring (bicyclic) bond motifs is 3. The van der Waals surface area contributed by atoms with E-state index in [0.717, 1.165) is 6.42 Å². The number of amides is 4. The minimum atomic E-state index is -3.92. The Kier molecular flexibility index (Phi) is 10.5. The van der Waals surface area contributed by atoms with Crippen LogP contribution in [0.2, 0.25) is 0 Å². The fourth-order valence-corrected chi connectivity index (χ4v) is 9.33. The summed E-state index contributed by atoms with van der Waals surface area (Å²) >= 11 is 0. The number of pyridine rings is 1. The Bertz CT molecular complexity index is 2100. The first-order valence-electron chi connectivity index (χ1n) is 18.7. The molecule has 2 saturated carbocycles. The molecule has 7 rings (SSSR count). The first-order valence-corrected chi connectivity index (χ1v) is 20.2. The Morgan fingerprint density at radius 2 is 1.95 bits per heavy atom. The molecular weight excluding hydrogens is 733 g/mol. The molecule has 2 aliphatic carbocycles. The van der Waals surface area contributed by atoms with Crippen LogP contribution in [0.5, 0.6) is 11.6 Å². The number of rotatable bonds is 9. The van der Waals surface area contributed by atoms with Gasteiger partial charge in [0.15, 0.2) is 12.2 Å². The third-order valence-electron chi connectivity index (χ3n) is 11.3. The molecule has 4 heterocycles. The Morgan fingerprint density at radius 3 is 2.64 bits per heavy atom. The lowest BCUT2D eigenvalue weighted by Gasteiger charge is -2.33. The second-order valence-electron chi connectivity index (χ2n) is 15.1. The summed E-state index contributed by atoms with van der Waals surface area (Å²) in [4.78, 5) is 64.9. The molecule has 7 atom stereocenters. The van der Waals surface area contributed by atoms with Crippen molar-refractivity contribution in [1.82, 2.24) is 30.2 Å². The van der Waals surface area contributed by atoms with Gasteiger partial charge in [-0.15, -0.1) is 0 Å². The lowest BCUT2D eigenvalue weighted by Crippen LogP contribution is -2.59. The van der Waals surface area contributed by atoms with E-state index >= 15 is 0 Å². The average Bonchev–Trinajstić information content (AvgIpc) is 4.02. The molecule has 4 N–H and O–H groups in total. The van der Waals surface area contributed by atoms with Crippen LogP contribution in [0.1, 0.15) is 65.2 Å². The van der Waals surface area contributed by atoms with E-state index in [0.29, 0.717) is 59.9 Å². The molecule has 2 aromatic heterocycles. The highest BCUT2D eigenvalue weighted by atomic mass is 32.2. The molecular formula is C38H46N6O10S. The topological polar surface area (TPSA) is 219 Å². The Balaban J connectivity index is 1.24. The zero-order valence-electron chi connectivity index (χ0n) is 30.9. The smallest absolute Gasteiger partial charge is 0.405 e. The third-order valence-corrected chi connectivity index (χ3v) is 13.1. The van der Waals surface area contributed by atoms with Gasteiger partial charge in [0.2, 0.25) is 27.7 Å². The van der Waals surface area contributed by atoms with E-state index in [2.05, 4.69) is 25.3 Å². The second kappa shape index (κ2) is 15.2. The third kappa shape index (κ3) is 7.84. The minimum absolute atomic E-state index is 0.0215. The van der Waals surface area contributed by atoms with Gasteiger partial charge in [-0.1, -0.05) is 32.4 Å². The Hall–Kier alpha value is -5.19. The number of oxazole rings is 1. The van der Waals surface area contributed by atoms with Gasteiger partial charge in [0.1, 0.15) is 29.5 Å². The van der Waals surface area contributed by atoms with E-state index in [1.54, 1.807) is 37.7 Å². The van der Waals surface area contributed by atoms with Gasteiger partial charge in [-0.05, 0) is 68.6 Å². The first-order chi connectivity index (χ1) is 26.3. The Labute approximate surface area is 318 Å². The molecule has 16 nitrogen and oxygen atoms in total. The van der Waals surface area contributed by atoms with Crippen molar-refractivity contribution in [3.8, 4) is 23.0 Å². The Morgan fingerprint density at radius 1 is 1.15 bits per heavy atom. The molecule has 4 aliphatic rings. The normalized spacial score (nSPS) is 29.2. The molecule has 4 amide bonds. The standard InChI is InChI=1S/C38H46N6O10S/c1-4-22-13-21(2)7-5-6-8-23-16-38(23,36(47)43-55(50,51)26-10-11-26)42-33(45)30-15-25(19-44(30)35(46)32(22)41-37(48)49)54-34-27-12-9-24(52-3)14-28(27)29(17-40-34)31-18-39-20-53-31/h6,8-9,12,14,17-18,20-23,25-26,30,32,41H,4-5,7,10-11,13,15-16,19H2,1-3H3,(H,42,45)(H,43,47)(H,48,49)/b8-6-/t21-,22-,23-,25-,30+,32+,38-/m1/s1. The van der Waals surface area contributed by atoms with Crippen molar-refractivity contribution < 1.29 is 46.6 Å². The van der Waals surface area contributed by atoms with E-state index in [-0.39, 0.29) is 37.1 Å². The maximum atomic E-state index is 14.6. The van der Waals surface area contributed by atoms with Gasteiger partial charge in [-0.2, -0.15) is 0 Å². The molecule has 3 aromatic rings. The van der Waals surface area contributed by atoms with Crippen LogP contribution < -0.4 is 24.8 Å². The molecule has 1 aromatic carbocycles. The van der Waals surface area contributed by atoms with Crippen molar-refractivity contribution >= 4 is 44.6 Å². The number of ether oxygens (including phenoxy) is 2. The number of allylic oxidation sites excluding steroid dienone is 1. The van der Waals surface area contributed by atoms with Crippen LogP contribution in [-0.4, -0.2) is 94.8 Å². The van der Waals surface area contributed by atoms with Crippen molar-refractivity contribution in [3.05, 3.63) is 49.1 Å². The van der Waals surface area contributed by atoms with Crippen LogP contribution in [0.3, 0.4) is 0 Å². The van der Waals surface area contributed by atoms with Gasteiger partial charge < -0.3 is 34.5 Å². The summed E-state index contributed by atoms with van der Waals surface area (Å²) < 4.78 is 45.4. The van der Waals surface area contributed by atoms with Gasteiger partial charge in [-0.25, -0.2) is 23.2 Å². The van der Waals surface area contributed by atoms with Gasteiger partial charge in [-0.3, -0.25) is 19.1 Å². The lowest BCUT2D eigenvalue weighted by molar-refractivity contribution is -0.142. The first kappa shape index (κ1) is 38.1. The number of benzene rings is 1. The van der Waals surface area contributed by atoms with E-state index in [9.17, 15) is 32.7 Å². The number of methoxy groups -OCH3 is 1. The van der Waals surface area contributed by atoms with Crippen molar-refractivity contribution in [2.45, 2.75) is 94.2 Å². The van der Waals surface area contributed by atoms with Crippen LogP contribution in [-0.2, 0) is 24.4 Å². The molecule has 0 spiro atoms. The molecule has 0 radical (unpaired) electrons. The van der Waals surface area contributed by atoms with Crippen molar-refractivity contribution in [1.29, 1.82) is 0 Å². The van der Waals surface area contributed by atoms with Gasteiger partial charge >= 0.3 is 6.09 Å². The number of carbonyl (C=O) groups is 4. The SMILES string of the molecule is CC[C@@H]1C[C@H](C)CC/C=C\[C@@H]2C[C@@]2(C(=O)NS(=O)(=O)C2CC2)NC(=O)[C@@H]2C[C@@H](Oc3ncc(-c4cnco4)c4cc(OC)ccc34)CN2C(=O)[C@H]1NC(=O)O. The molecule has 3 fully saturated rings. The summed E-state index contributed by atoms with van der Waals surface area (Å²) in [5, 5.41) is 15.8. The van der Waals surface area contributed by atoms with Crippen molar-refractivity contribution in [2.75, 3.05) is 13.7 Å². The molecule has 0 unspecified atom stereocenters. The predicted molar refractivity (Wildman–Crippen MR) is 198 cm³/mol. The summed E-state index contributed by atoms with van der Waals surface area (Å²) in [5.74, 6) is -1.55. The summed E-state index contributed by atoms with van der Waals surface area (Å²) in [6.45, 7) is 3.85. The predicted octanol–water partition coefficient (Wildman–Crippen LogP) is 3.77. The number of hydrogen-bond donors (Lipinski definition) is 4. The summed E-state index contributed by atoms with van der Waals surface area (Å²) in [7, 11) is -2.38. The summed E-state index contributed by atoms with van der Waals surface area (Å²) in [6.07, 6.45) is 9.56. The number of nitrogens with zero attached hydrogens (tertiary/aromatic N) is 3. The summed E-state index contributed by atoms with van der Waals surface area (Å²) in [5.41, 5.74) is -0.914. The van der Waals surface area contributed by atoms with Crippen LogP contribution >= 0.6 is 0 Å². The van der Waals surface area contributed by atoms with E-state index < -0.39 is 68.7 Å². The number of carbonyl (C=O) groups excluding carboxylic acids is 3. The van der Waals surface area contributed by atoms with Crippen LogP contribution in [0.15, 0.2) is 53.6 Å². The minimum Gasteiger partial charge on any atom is -0.497 e. The molecule has 55 heavy (non-hydrogen) atoms. The quantitative estimate of drug-likeness (QED) is 0.228. The lowest BCUT2D eigenvalue weighted by atomic mass is 9.85. The number of carboxylic acid groups (broad SMARTS) is 1. The molecule has 0 bridgehead atoms. The zero-order chi connectivity index (χ0) is 39.1.